The molecular formula is C20H21N3O4. The summed E-state index contributed by atoms with van der Waals surface area (Å²) in [6, 6.07) is 12.1. The maximum atomic E-state index is 12.6. The Hall–Kier alpha value is -3.22. The smallest absolute Gasteiger partial charge is 0.271 e. The Morgan fingerprint density at radius 3 is 2.59 bits per heavy atom. The Bertz CT molecular complexity index is 893. The molecule has 2 aromatic rings. The first-order chi connectivity index (χ1) is 12.9. The van der Waals surface area contributed by atoms with Gasteiger partial charge in [-0.05, 0) is 36.6 Å². The predicted octanol–water partition coefficient (Wildman–Crippen LogP) is 3.46. The summed E-state index contributed by atoms with van der Waals surface area (Å²) < 4.78 is 0. The molecule has 0 aliphatic carbocycles. The second-order valence-electron chi connectivity index (χ2n) is 6.67. The van der Waals surface area contributed by atoms with Crippen molar-refractivity contribution in [2.24, 2.45) is 5.92 Å². The average molecular weight is 367 g/mol. The highest BCUT2D eigenvalue weighted by Crippen LogP contribution is 2.28. The number of nitrogens with one attached hydrogen (secondary N) is 1. The molecule has 1 atom stereocenters. The molecule has 2 aromatic carbocycles. The van der Waals surface area contributed by atoms with E-state index in [4.69, 9.17) is 0 Å². The SMILES string of the molecule is CCc1ccc(N2CC(C(=O)Nc3cc([N+](=O)[O-])ccc3C)CC2=O)cc1. The topological polar surface area (TPSA) is 92.6 Å². The standard InChI is InChI=1S/C20H21N3O4/c1-3-14-5-8-16(9-6-14)22-12-15(10-19(22)24)20(25)21-18-11-17(23(26)27)7-4-13(18)2/h4-9,11,15H,3,10,12H2,1-2H3,(H,21,25). The Kier molecular flexibility index (Phi) is 5.21. The lowest BCUT2D eigenvalue weighted by molar-refractivity contribution is -0.384. The van der Waals surface area contributed by atoms with E-state index in [-0.39, 0.29) is 23.9 Å². The van der Waals surface area contributed by atoms with Gasteiger partial charge >= 0.3 is 0 Å². The molecule has 7 heteroatoms. The van der Waals surface area contributed by atoms with Crippen LogP contribution in [0, 0.1) is 23.0 Å². The van der Waals surface area contributed by atoms with E-state index in [0.29, 0.717) is 12.2 Å². The molecule has 1 saturated heterocycles. The monoisotopic (exact) mass is 367 g/mol. The van der Waals surface area contributed by atoms with E-state index in [1.54, 1.807) is 17.9 Å². The summed E-state index contributed by atoms with van der Waals surface area (Å²) in [4.78, 5) is 37.0. The third-order valence-corrected chi connectivity index (χ3v) is 4.84. The fourth-order valence-corrected chi connectivity index (χ4v) is 3.14. The van der Waals surface area contributed by atoms with Crippen molar-refractivity contribution in [1.29, 1.82) is 0 Å². The first kappa shape index (κ1) is 18.6. The maximum absolute atomic E-state index is 12.6. The van der Waals surface area contributed by atoms with Gasteiger partial charge in [-0.15, -0.1) is 0 Å². The summed E-state index contributed by atoms with van der Waals surface area (Å²) in [5.41, 5.74) is 2.99. The van der Waals surface area contributed by atoms with Crippen LogP contribution in [-0.4, -0.2) is 23.3 Å². The molecule has 0 bridgehead atoms. The molecule has 27 heavy (non-hydrogen) atoms. The number of nitro benzene ring substituents is 1. The summed E-state index contributed by atoms with van der Waals surface area (Å²) in [5, 5.41) is 13.7. The minimum absolute atomic E-state index is 0.0870. The molecule has 1 aliphatic rings. The molecule has 7 nitrogen and oxygen atoms in total. The number of non-ortho nitro benzene ring substituents is 1. The highest BCUT2D eigenvalue weighted by Gasteiger charge is 2.35. The van der Waals surface area contributed by atoms with Crippen LogP contribution in [0.25, 0.3) is 0 Å². The van der Waals surface area contributed by atoms with Gasteiger partial charge in [0.1, 0.15) is 0 Å². The van der Waals surface area contributed by atoms with Gasteiger partial charge in [-0.1, -0.05) is 25.1 Å². The lowest BCUT2D eigenvalue weighted by atomic mass is 10.1. The van der Waals surface area contributed by atoms with E-state index in [2.05, 4.69) is 12.2 Å². The molecule has 1 unspecified atom stereocenters. The van der Waals surface area contributed by atoms with Crippen molar-refractivity contribution >= 4 is 28.9 Å². The second-order valence-corrected chi connectivity index (χ2v) is 6.67. The van der Waals surface area contributed by atoms with Crippen LogP contribution >= 0.6 is 0 Å². The molecule has 0 spiro atoms. The summed E-state index contributed by atoms with van der Waals surface area (Å²) in [7, 11) is 0. The van der Waals surface area contributed by atoms with Gasteiger partial charge in [-0.2, -0.15) is 0 Å². The zero-order valence-corrected chi connectivity index (χ0v) is 15.3. The number of nitrogens with zero attached hydrogens (tertiary/aromatic N) is 2. The number of carbonyl (C=O) groups excluding carboxylic acids is 2. The van der Waals surface area contributed by atoms with Crippen LogP contribution < -0.4 is 10.2 Å². The van der Waals surface area contributed by atoms with Gasteiger partial charge in [0.2, 0.25) is 11.8 Å². The zero-order chi connectivity index (χ0) is 19.6. The maximum Gasteiger partial charge on any atom is 0.271 e. The number of rotatable bonds is 5. The number of hydrogen-bond donors (Lipinski definition) is 1. The quantitative estimate of drug-likeness (QED) is 0.647. The van der Waals surface area contributed by atoms with E-state index in [1.807, 2.05) is 24.3 Å². The molecule has 0 radical (unpaired) electrons. The van der Waals surface area contributed by atoms with Crippen LogP contribution in [0.15, 0.2) is 42.5 Å². The first-order valence-corrected chi connectivity index (χ1v) is 8.84. The fourth-order valence-electron chi connectivity index (χ4n) is 3.14. The van der Waals surface area contributed by atoms with Gasteiger partial charge in [0, 0.05) is 30.8 Å². The average Bonchev–Trinajstić information content (AvgIpc) is 3.05. The van der Waals surface area contributed by atoms with Gasteiger partial charge in [0.25, 0.3) is 5.69 Å². The molecule has 0 aromatic heterocycles. The van der Waals surface area contributed by atoms with E-state index < -0.39 is 10.8 Å². The van der Waals surface area contributed by atoms with Crippen LogP contribution in [0.4, 0.5) is 17.1 Å². The van der Waals surface area contributed by atoms with Gasteiger partial charge in [-0.3, -0.25) is 19.7 Å². The van der Waals surface area contributed by atoms with E-state index >= 15 is 0 Å². The van der Waals surface area contributed by atoms with E-state index in [9.17, 15) is 19.7 Å². The number of aryl methyl sites for hydroxylation is 2. The molecule has 1 fully saturated rings. The third kappa shape index (κ3) is 3.97. The first-order valence-electron chi connectivity index (χ1n) is 8.84. The molecule has 1 heterocycles. The van der Waals surface area contributed by atoms with Crippen LogP contribution in [0.3, 0.4) is 0 Å². The van der Waals surface area contributed by atoms with E-state index in [0.717, 1.165) is 17.7 Å². The van der Waals surface area contributed by atoms with E-state index in [1.165, 1.54) is 17.7 Å². The lowest BCUT2D eigenvalue weighted by Gasteiger charge is -2.17. The van der Waals surface area contributed by atoms with Crippen LogP contribution in [-0.2, 0) is 16.0 Å². The van der Waals surface area contributed by atoms with Crippen molar-refractivity contribution < 1.29 is 14.5 Å². The molecule has 140 valence electrons. The van der Waals surface area contributed by atoms with Gasteiger partial charge in [0.15, 0.2) is 0 Å². The Morgan fingerprint density at radius 2 is 1.96 bits per heavy atom. The van der Waals surface area contributed by atoms with Gasteiger partial charge < -0.3 is 10.2 Å². The second kappa shape index (κ2) is 7.57. The van der Waals surface area contributed by atoms with Crippen molar-refractivity contribution in [3.63, 3.8) is 0 Å². The molecule has 3 rings (SSSR count). The minimum Gasteiger partial charge on any atom is -0.325 e. The number of amides is 2. The van der Waals surface area contributed by atoms with Crippen molar-refractivity contribution in [1.82, 2.24) is 0 Å². The summed E-state index contributed by atoms with van der Waals surface area (Å²) in [6.45, 7) is 4.12. The van der Waals surface area contributed by atoms with Crippen LogP contribution in [0.1, 0.15) is 24.5 Å². The molecule has 2 amide bonds. The van der Waals surface area contributed by atoms with Crippen molar-refractivity contribution in [3.8, 4) is 0 Å². The predicted molar refractivity (Wildman–Crippen MR) is 103 cm³/mol. The molecular weight excluding hydrogens is 346 g/mol. The van der Waals surface area contributed by atoms with Gasteiger partial charge in [0.05, 0.1) is 16.5 Å². The molecule has 0 saturated carbocycles. The lowest BCUT2D eigenvalue weighted by Crippen LogP contribution is -2.28. The largest absolute Gasteiger partial charge is 0.325 e. The number of benzene rings is 2. The minimum atomic E-state index is -0.504. The molecule has 1 N–H and O–H groups in total. The summed E-state index contributed by atoms with van der Waals surface area (Å²) in [5.74, 6) is -0.906. The zero-order valence-electron chi connectivity index (χ0n) is 15.3. The summed E-state index contributed by atoms with van der Waals surface area (Å²) in [6.07, 6.45) is 1.04. The van der Waals surface area contributed by atoms with Crippen LogP contribution in [0.2, 0.25) is 0 Å². The van der Waals surface area contributed by atoms with Crippen molar-refractivity contribution in [3.05, 3.63) is 63.7 Å². The fraction of sp³-hybridized carbons (Fsp3) is 0.300. The highest BCUT2D eigenvalue weighted by molar-refractivity contribution is 6.03. The normalized spacial score (nSPS) is 16.4. The van der Waals surface area contributed by atoms with Crippen molar-refractivity contribution in [2.45, 2.75) is 26.7 Å². The third-order valence-electron chi connectivity index (χ3n) is 4.84. The number of carbonyl (C=O) groups is 2. The Labute approximate surface area is 157 Å². The number of nitro groups is 1. The molecule has 1 aliphatic heterocycles. The number of anilines is 2. The van der Waals surface area contributed by atoms with Gasteiger partial charge in [-0.25, -0.2) is 0 Å². The van der Waals surface area contributed by atoms with Crippen molar-refractivity contribution in [2.75, 3.05) is 16.8 Å². The number of hydrogen-bond acceptors (Lipinski definition) is 4. The van der Waals surface area contributed by atoms with Crippen LogP contribution in [0.5, 0.6) is 0 Å². The highest BCUT2D eigenvalue weighted by atomic mass is 16.6. The Balaban J connectivity index is 1.72. The summed E-state index contributed by atoms with van der Waals surface area (Å²) >= 11 is 0. The Morgan fingerprint density at radius 1 is 1.26 bits per heavy atom.